The molecular formula is C24H26ClN3O2. The number of rotatable bonds is 5. The number of hydrogen-bond donors (Lipinski definition) is 0. The molecule has 1 saturated heterocycles. The molecule has 2 aliphatic rings. The van der Waals surface area contributed by atoms with E-state index < -0.39 is 5.92 Å². The summed E-state index contributed by atoms with van der Waals surface area (Å²) in [6, 6.07) is 13.0. The van der Waals surface area contributed by atoms with Crippen LogP contribution in [0.25, 0.3) is 0 Å². The second kappa shape index (κ2) is 8.70. The van der Waals surface area contributed by atoms with Crippen LogP contribution in [0.1, 0.15) is 47.2 Å². The molecule has 2 heterocycles. The quantitative estimate of drug-likeness (QED) is 0.526. The van der Waals surface area contributed by atoms with Gasteiger partial charge >= 0.3 is 0 Å². The zero-order valence-electron chi connectivity index (χ0n) is 17.3. The Balaban J connectivity index is 1.68. The lowest BCUT2D eigenvalue weighted by Gasteiger charge is -2.32. The van der Waals surface area contributed by atoms with Gasteiger partial charge in [0.1, 0.15) is 0 Å². The third-order valence-electron chi connectivity index (χ3n) is 6.17. The van der Waals surface area contributed by atoms with Crippen molar-refractivity contribution in [2.45, 2.75) is 38.6 Å². The van der Waals surface area contributed by atoms with Crippen LogP contribution in [0.2, 0.25) is 5.02 Å². The molecule has 0 aliphatic carbocycles. The third-order valence-corrected chi connectivity index (χ3v) is 6.58. The van der Waals surface area contributed by atoms with E-state index in [2.05, 4.69) is 16.8 Å². The van der Waals surface area contributed by atoms with Crippen LogP contribution in [-0.4, -0.2) is 48.6 Å². The Kier molecular flexibility index (Phi) is 6.02. The van der Waals surface area contributed by atoms with Crippen molar-refractivity contribution in [2.24, 2.45) is 4.99 Å². The smallest absolute Gasteiger partial charge is 0.265 e. The van der Waals surface area contributed by atoms with Crippen LogP contribution in [0.15, 0.2) is 47.5 Å². The Bertz CT molecular complexity index is 1000. The first-order chi connectivity index (χ1) is 14.5. The fraction of sp³-hybridized carbons (Fsp3) is 0.375. The molecule has 0 spiro atoms. The van der Waals surface area contributed by atoms with Crippen LogP contribution in [-0.2, 0) is 4.79 Å². The van der Waals surface area contributed by atoms with E-state index in [0.29, 0.717) is 40.0 Å². The summed E-state index contributed by atoms with van der Waals surface area (Å²) in [6.07, 6.45) is 4.05. The van der Waals surface area contributed by atoms with Crippen LogP contribution in [0.5, 0.6) is 0 Å². The number of amides is 2. The molecule has 5 nitrogen and oxygen atoms in total. The second-order valence-electron chi connectivity index (χ2n) is 7.87. The van der Waals surface area contributed by atoms with Gasteiger partial charge in [0.15, 0.2) is 0 Å². The van der Waals surface area contributed by atoms with E-state index in [-0.39, 0.29) is 11.8 Å². The van der Waals surface area contributed by atoms with Gasteiger partial charge in [-0.25, -0.2) is 4.90 Å². The maximum atomic E-state index is 13.5. The number of benzene rings is 2. The number of fused-ring (bicyclic) bond motifs is 1. The summed E-state index contributed by atoms with van der Waals surface area (Å²) in [4.78, 5) is 35.0. The first kappa shape index (κ1) is 20.8. The summed E-state index contributed by atoms with van der Waals surface area (Å²) in [5.74, 6) is -1.20. The summed E-state index contributed by atoms with van der Waals surface area (Å²) in [7, 11) is 0. The van der Waals surface area contributed by atoms with Gasteiger partial charge in [0.05, 0.1) is 18.2 Å². The lowest BCUT2D eigenvalue weighted by molar-refractivity contribution is -0.118. The number of likely N-dealkylation sites (tertiary alicyclic amines) is 1. The molecule has 0 bridgehead atoms. The van der Waals surface area contributed by atoms with E-state index in [9.17, 15) is 9.59 Å². The zero-order chi connectivity index (χ0) is 21.3. The molecule has 156 valence electrons. The Morgan fingerprint density at radius 1 is 1.17 bits per heavy atom. The van der Waals surface area contributed by atoms with Gasteiger partial charge in [0.25, 0.3) is 5.91 Å². The van der Waals surface area contributed by atoms with Gasteiger partial charge in [0.2, 0.25) is 5.91 Å². The van der Waals surface area contributed by atoms with Crippen molar-refractivity contribution in [1.82, 2.24) is 4.90 Å². The first-order valence-corrected chi connectivity index (χ1v) is 10.9. The van der Waals surface area contributed by atoms with Crippen molar-refractivity contribution in [3.05, 3.63) is 64.2 Å². The lowest BCUT2D eigenvalue weighted by Crippen LogP contribution is -2.46. The van der Waals surface area contributed by atoms with Crippen molar-refractivity contribution in [3.63, 3.8) is 0 Å². The van der Waals surface area contributed by atoms with Gasteiger partial charge in [-0.15, -0.1) is 0 Å². The molecule has 2 aromatic carbocycles. The van der Waals surface area contributed by atoms with Gasteiger partial charge < -0.3 is 0 Å². The number of imide groups is 1. The summed E-state index contributed by atoms with van der Waals surface area (Å²) in [5, 5.41) is 0.526. The molecular weight excluding hydrogens is 398 g/mol. The summed E-state index contributed by atoms with van der Waals surface area (Å²) < 4.78 is 0. The highest BCUT2D eigenvalue weighted by atomic mass is 35.5. The standard InChI is InChI=1S/C24H26ClN3O2/c1-3-27-13-7-8-17(27)14-26-15-20-18-9-4-5-10-19(18)23(29)28(24(20)30)22-12-6-11-21(25)16(22)2/h4-6,9-12,15,17,20H,3,7-8,13-14H2,1-2H3/t17-,20?/m0/s1. The molecule has 2 amide bonds. The first-order valence-electron chi connectivity index (χ1n) is 10.5. The number of nitrogens with zero attached hydrogens (tertiary/aromatic N) is 3. The van der Waals surface area contributed by atoms with Crippen molar-refractivity contribution in [1.29, 1.82) is 0 Å². The van der Waals surface area contributed by atoms with E-state index in [1.165, 1.54) is 11.3 Å². The normalized spacial score (nSPS) is 22.2. The Morgan fingerprint density at radius 2 is 1.97 bits per heavy atom. The van der Waals surface area contributed by atoms with Crippen LogP contribution < -0.4 is 4.90 Å². The minimum absolute atomic E-state index is 0.286. The molecule has 6 heteroatoms. The zero-order valence-corrected chi connectivity index (χ0v) is 18.1. The SMILES string of the molecule is CCN1CCC[C@H]1CN=CC1C(=O)N(c2cccc(Cl)c2C)C(=O)c2ccccc21. The molecule has 1 unspecified atom stereocenters. The molecule has 0 radical (unpaired) electrons. The van der Waals surface area contributed by atoms with Crippen molar-refractivity contribution < 1.29 is 9.59 Å². The van der Waals surface area contributed by atoms with Crippen molar-refractivity contribution >= 4 is 35.3 Å². The summed E-state index contributed by atoms with van der Waals surface area (Å²) in [5.41, 5.74) is 2.48. The molecule has 0 saturated carbocycles. The number of halogens is 1. The molecule has 30 heavy (non-hydrogen) atoms. The van der Waals surface area contributed by atoms with E-state index >= 15 is 0 Å². The van der Waals surface area contributed by atoms with Crippen LogP contribution in [0.4, 0.5) is 5.69 Å². The molecule has 4 rings (SSSR count). The minimum Gasteiger partial charge on any atom is -0.299 e. The predicted octanol–water partition coefficient (Wildman–Crippen LogP) is 4.47. The summed E-state index contributed by atoms with van der Waals surface area (Å²) in [6.45, 7) is 6.78. The number of likely N-dealkylation sites (N-methyl/N-ethyl adjacent to an activating group) is 1. The number of carbonyl (C=O) groups is 2. The molecule has 2 atom stereocenters. The van der Waals surface area contributed by atoms with E-state index in [4.69, 9.17) is 11.6 Å². The van der Waals surface area contributed by atoms with Crippen molar-refractivity contribution in [3.8, 4) is 0 Å². The van der Waals surface area contributed by atoms with E-state index in [1.54, 1.807) is 30.5 Å². The lowest BCUT2D eigenvalue weighted by atomic mass is 9.88. The van der Waals surface area contributed by atoms with Gasteiger partial charge in [-0.3, -0.25) is 19.5 Å². The van der Waals surface area contributed by atoms with Crippen LogP contribution >= 0.6 is 11.6 Å². The highest BCUT2D eigenvalue weighted by Crippen LogP contribution is 2.35. The maximum Gasteiger partial charge on any atom is 0.265 e. The van der Waals surface area contributed by atoms with E-state index in [0.717, 1.165) is 19.5 Å². The van der Waals surface area contributed by atoms with Gasteiger partial charge in [-0.05, 0) is 62.2 Å². The fourth-order valence-corrected chi connectivity index (χ4v) is 4.64. The highest BCUT2D eigenvalue weighted by molar-refractivity contribution is 6.33. The third kappa shape index (κ3) is 3.68. The monoisotopic (exact) mass is 423 g/mol. The van der Waals surface area contributed by atoms with Crippen LogP contribution in [0.3, 0.4) is 0 Å². The van der Waals surface area contributed by atoms with Gasteiger partial charge in [-0.2, -0.15) is 0 Å². The average Bonchev–Trinajstić information content (AvgIpc) is 3.21. The predicted molar refractivity (Wildman–Crippen MR) is 121 cm³/mol. The molecule has 0 aromatic heterocycles. The molecule has 0 N–H and O–H groups in total. The van der Waals surface area contributed by atoms with Gasteiger partial charge in [0, 0.05) is 22.8 Å². The number of carbonyl (C=O) groups excluding carboxylic acids is 2. The Morgan fingerprint density at radius 3 is 2.77 bits per heavy atom. The fourth-order valence-electron chi connectivity index (χ4n) is 4.47. The molecule has 1 fully saturated rings. The molecule has 2 aromatic rings. The minimum atomic E-state index is -0.589. The maximum absolute atomic E-state index is 13.5. The number of hydrogen-bond acceptors (Lipinski definition) is 4. The largest absolute Gasteiger partial charge is 0.299 e. The van der Waals surface area contributed by atoms with Crippen molar-refractivity contribution in [2.75, 3.05) is 24.5 Å². The van der Waals surface area contributed by atoms with E-state index in [1.807, 2.05) is 25.1 Å². The number of aliphatic imine (C=N–C) groups is 1. The Hall–Kier alpha value is -2.50. The number of anilines is 1. The average molecular weight is 424 g/mol. The van der Waals surface area contributed by atoms with Gasteiger partial charge in [-0.1, -0.05) is 42.8 Å². The summed E-state index contributed by atoms with van der Waals surface area (Å²) >= 11 is 6.27. The van der Waals surface area contributed by atoms with Crippen LogP contribution in [0, 0.1) is 6.92 Å². The highest BCUT2D eigenvalue weighted by Gasteiger charge is 2.39. The molecule has 2 aliphatic heterocycles. The topological polar surface area (TPSA) is 53.0 Å². The Labute approximate surface area is 182 Å². The second-order valence-corrected chi connectivity index (χ2v) is 8.27.